The van der Waals surface area contributed by atoms with E-state index in [4.69, 9.17) is 20.4 Å². The normalized spacial score (nSPS) is 11.2. The Morgan fingerprint density at radius 1 is 0.889 bits per heavy atom. The first-order valence-electron chi connectivity index (χ1n) is 4.72. The van der Waals surface area contributed by atoms with Crippen LogP contribution in [0.25, 0.3) is 0 Å². The van der Waals surface area contributed by atoms with E-state index in [1.54, 1.807) is 0 Å². The van der Waals surface area contributed by atoms with Crippen LogP contribution >= 0.6 is 0 Å². The van der Waals surface area contributed by atoms with Crippen molar-refractivity contribution in [1.82, 2.24) is 4.90 Å². The summed E-state index contributed by atoms with van der Waals surface area (Å²) < 4.78 is 0. The summed E-state index contributed by atoms with van der Waals surface area (Å²) in [5.41, 5.74) is -2.30. The van der Waals surface area contributed by atoms with Crippen molar-refractivity contribution in [3.63, 3.8) is 0 Å². The fraction of sp³-hybridized carbons (Fsp3) is 0.556. The second-order valence-corrected chi connectivity index (χ2v) is 3.73. The van der Waals surface area contributed by atoms with Crippen molar-refractivity contribution in [1.29, 1.82) is 0 Å². The lowest BCUT2D eigenvalue weighted by Gasteiger charge is -2.34. The second-order valence-electron chi connectivity index (χ2n) is 3.73. The quantitative estimate of drug-likeness (QED) is 0.421. The van der Waals surface area contributed by atoms with Gasteiger partial charge in [-0.25, -0.2) is 0 Å². The van der Waals surface area contributed by atoms with Gasteiger partial charge in [0.05, 0.1) is 19.4 Å². The first kappa shape index (κ1) is 15.8. The molecule has 0 aliphatic heterocycles. The fourth-order valence-electron chi connectivity index (χ4n) is 1.50. The van der Waals surface area contributed by atoms with Gasteiger partial charge in [-0.2, -0.15) is 0 Å². The van der Waals surface area contributed by atoms with Crippen molar-refractivity contribution in [3.05, 3.63) is 0 Å². The number of hydrogen-bond donors (Lipinski definition) is 4. The standard InChI is InChI=1S/C9H13NO8/c1-10(4-7(15)16)9(8(17)18,2-5(11)12)3-6(13)14/h2-4H2,1H3,(H,11,12)(H,13,14)(H,15,16)(H,17,18). The largest absolute Gasteiger partial charge is 0.481 e. The van der Waals surface area contributed by atoms with Crippen LogP contribution in [-0.2, 0) is 19.2 Å². The van der Waals surface area contributed by atoms with Crippen LogP contribution in [0.4, 0.5) is 0 Å². The number of likely N-dealkylation sites (N-methyl/N-ethyl adjacent to an activating group) is 1. The Morgan fingerprint density at radius 3 is 1.50 bits per heavy atom. The number of carboxylic acid groups (broad SMARTS) is 4. The first-order valence-corrected chi connectivity index (χ1v) is 4.72. The second kappa shape index (κ2) is 5.96. The zero-order valence-electron chi connectivity index (χ0n) is 9.49. The van der Waals surface area contributed by atoms with E-state index in [2.05, 4.69) is 0 Å². The molecule has 4 N–H and O–H groups in total. The highest BCUT2D eigenvalue weighted by Crippen LogP contribution is 2.24. The van der Waals surface area contributed by atoms with Gasteiger partial charge in [-0.15, -0.1) is 0 Å². The number of aliphatic carboxylic acids is 4. The van der Waals surface area contributed by atoms with Gasteiger partial charge in [0.25, 0.3) is 0 Å². The predicted molar refractivity (Wildman–Crippen MR) is 55.1 cm³/mol. The van der Waals surface area contributed by atoms with Crippen LogP contribution in [0.2, 0.25) is 0 Å². The predicted octanol–water partition coefficient (Wildman–Crippen LogP) is -1.22. The maximum atomic E-state index is 11.2. The Hall–Kier alpha value is -2.16. The lowest BCUT2D eigenvalue weighted by Crippen LogP contribution is -2.56. The number of rotatable bonds is 8. The minimum Gasteiger partial charge on any atom is -0.481 e. The molecule has 0 atom stereocenters. The minimum atomic E-state index is -2.30. The highest BCUT2D eigenvalue weighted by molar-refractivity contribution is 5.90. The lowest BCUT2D eigenvalue weighted by molar-refractivity contribution is -0.164. The summed E-state index contributed by atoms with van der Waals surface area (Å²) in [5, 5.41) is 34.9. The van der Waals surface area contributed by atoms with Crippen LogP contribution in [0.5, 0.6) is 0 Å². The average molecular weight is 263 g/mol. The molecule has 0 radical (unpaired) electrons. The zero-order valence-corrected chi connectivity index (χ0v) is 9.49. The van der Waals surface area contributed by atoms with Gasteiger partial charge in [0, 0.05) is 0 Å². The molecule has 0 bridgehead atoms. The Labute approximate surface area is 101 Å². The monoisotopic (exact) mass is 263 g/mol. The minimum absolute atomic E-state index is 0.694. The molecule has 0 heterocycles. The maximum Gasteiger partial charge on any atom is 0.325 e. The molecule has 0 aliphatic carbocycles. The Kier molecular flexibility index (Phi) is 5.24. The molecule has 18 heavy (non-hydrogen) atoms. The van der Waals surface area contributed by atoms with Crippen molar-refractivity contribution >= 4 is 23.9 Å². The SMILES string of the molecule is CN(CC(=O)O)C(CC(=O)O)(CC(=O)O)C(=O)O. The van der Waals surface area contributed by atoms with E-state index in [0.717, 1.165) is 7.05 Å². The summed E-state index contributed by atoms with van der Waals surface area (Å²) in [6.07, 6.45) is -2.03. The van der Waals surface area contributed by atoms with Crippen LogP contribution in [0, 0.1) is 0 Å². The van der Waals surface area contributed by atoms with Crippen molar-refractivity contribution < 1.29 is 39.6 Å². The van der Waals surface area contributed by atoms with Gasteiger partial charge in [0.1, 0.15) is 5.54 Å². The molecule has 0 amide bonds. The van der Waals surface area contributed by atoms with Crippen LogP contribution < -0.4 is 0 Å². The Morgan fingerprint density at radius 2 is 1.28 bits per heavy atom. The van der Waals surface area contributed by atoms with E-state index >= 15 is 0 Å². The van der Waals surface area contributed by atoms with Gasteiger partial charge in [-0.1, -0.05) is 0 Å². The first-order chi connectivity index (χ1) is 8.11. The Balaban J connectivity index is 5.43. The summed E-state index contributed by atoms with van der Waals surface area (Å²) in [6, 6.07) is 0. The zero-order chi connectivity index (χ0) is 14.5. The molecule has 0 saturated carbocycles. The van der Waals surface area contributed by atoms with Crippen molar-refractivity contribution in [2.45, 2.75) is 18.4 Å². The van der Waals surface area contributed by atoms with E-state index in [1.807, 2.05) is 0 Å². The molecule has 0 spiro atoms. The molecule has 102 valence electrons. The van der Waals surface area contributed by atoms with Gasteiger partial charge in [-0.3, -0.25) is 24.1 Å². The van der Waals surface area contributed by atoms with Gasteiger partial charge < -0.3 is 20.4 Å². The smallest absolute Gasteiger partial charge is 0.325 e. The van der Waals surface area contributed by atoms with Crippen molar-refractivity contribution in [2.75, 3.05) is 13.6 Å². The maximum absolute atomic E-state index is 11.2. The van der Waals surface area contributed by atoms with E-state index in [1.165, 1.54) is 0 Å². The van der Waals surface area contributed by atoms with Crippen LogP contribution in [0.15, 0.2) is 0 Å². The molecular weight excluding hydrogens is 250 g/mol. The molecule has 0 saturated heterocycles. The highest BCUT2D eigenvalue weighted by atomic mass is 16.4. The molecule has 0 unspecified atom stereocenters. The van der Waals surface area contributed by atoms with Crippen LogP contribution in [-0.4, -0.2) is 68.3 Å². The summed E-state index contributed by atoms with van der Waals surface area (Å²) >= 11 is 0. The molecule has 0 rings (SSSR count). The molecule has 9 nitrogen and oxygen atoms in total. The summed E-state index contributed by atoms with van der Waals surface area (Å²) in [7, 11) is 1.05. The molecular formula is C9H13NO8. The number of carbonyl (C=O) groups is 4. The molecule has 0 aromatic rings. The van der Waals surface area contributed by atoms with Crippen molar-refractivity contribution in [2.24, 2.45) is 0 Å². The summed E-state index contributed by atoms with van der Waals surface area (Å²) in [6.45, 7) is -0.785. The third-order valence-electron chi connectivity index (χ3n) is 2.39. The molecule has 9 heteroatoms. The van der Waals surface area contributed by atoms with Gasteiger partial charge >= 0.3 is 23.9 Å². The third-order valence-corrected chi connectivity index (χ3v) is 2.39. The lowest BCUT2D eigenvalue weighted by atomic mass is 9.89. The molecule has 0 aromatic carbocycles. The van der Waals surface area contributed by atoms with Gasteiger partial charge in [0.15, 0.2) is 0 Å². The Bertz CT molecular complexity index is 361. The number of carboxylic acids is 4. The van der Waals surface area contributed by atoms with Gasteiger partial charge in [0.2, 0.25) is 0 Å². The van der Waals surface area contributed by atoms with E-state index in [0.29, 0.717) is 4.90 Å². The summed E-state index contributed by atoms with van der Waals surface area (Å²) in [4.78, 5) is 43.7. The molecule has 0 fully saturated rings. The fourth-order valence-corrected chi connectivity index (χ4v) is 1.50. The summed E-state index contributed by atoms with van der Waals surface area (Å²) in [5.74, 6) is -6.15. The van der Waals surface area contributed by atoms with Crippen LogP contribution in [0.1, 0.15) is 12.8 Å². The number of hydrogen-bond acceptors (Lipinski definition) is 5. The average Bonchev–Trinajstić information content (AvgIpc) is 2.13. The highest BCUT2D eigenvalue weighted by Gasteiger charge is 2.47. The van der Waals surface area contributed by atoms with Crippen LogP contribution in [0.3, 0.4) is 0 Å². The van der Waals surface area contributed by atoms with Gasteiger partial charge in [-0.05, 0) is 7.05 Å². The van der Waals surface area contributed by atoms with E-state index < -0.39 is 48.8 Å². The molecule has 0 aromatic heterocycles. The number of nitrogens with zero attached hydrogens (tertiary/aromatic N) is 1. The van der Waals surface area contributed by atoms with E-state index in [-0.39, 0.29) is 0 Å². The molecule has 0 aliphatic rings. The third kappa shape index (κ3) is 4.01. The van der Waals surface area contributed by atoms with E-state index in [9.17, 15) is 19.2 Å². The topological polar surface area (TPSA) is 152 Å². The van der Waals surface area contributed by atoms with Crippen molar-refractivity contribution in [3.8, 4) is 0 Å².